The quantitative estimate of drug-likeness (QED) is 0.205. The van der Waals surface area contributed by atoms with Crippen LogP contribution in [-0.2, 0) is 28.7 Å². The molecule has 0 aromatic heterocycles. The van der Waals surface area contributed by atoms with E-state index in [0.717, 1.165) is 70.5 Å². The average molecular weight is 519 g/mol. The Labute approximate surface area is 218 Å². The maximum Gasteiger partial charge on any atom is 0.236 e. The third-order valence-electron chi connectivity index (χ3n) is 9.91. The monoisotopic (exact) mass is 518 g/mol. The lowest BCUT2D eigenvalue weighted by Crippen LogP contribution is -2.49. The number of amides is 3. The van der Waals surface area contributed by atoms with E-state index in [1.54, 1.807) is 11.9 Å². The smallest absolute Gasteiger partial charge is 0.236 e. The molecule has 5 fully saturated rings. The maximum absolute atomic E-state index is 13.1. The molecule has 5 rings (SSSR count). The van der Waals surface area contributed by atoms with E-state index in [-0.39, 0.29) is 42.4 Å². The summed E-state index contributed by atoms with van der Waals surface area (Å²) in [4.78, 5) is 53.9. The predicted molar refractivity (Wildman–Crippen MR) is 134 cm³/mol. The number of fused-ring (bicyclic) bond motifs is 7. The van der Waals surface area contributed by atoms with Gasteiger partial charge >= 0.3 is 0 Å². The van der Waals surface area contributed by atoms with Gasteiger partial charge in [0.05, 0.1) is 47.1 Å². The molecule has 0 aromatic carbocycles. The number of hydrogen-bond donors (Lipinski definition) is 2. The van der Waals surface area contributed by atoms with Crippen LogP contribution in [0.4, 0.5) is 0 Å². The summed E-state index contributed by atoms with van der Waals surface area (Å²) in [6.07, 6.45) is 9.31. The molecular formula is C27H42N4O6. The molecule has 8 atom stereocenters. The van der Waals surface area contributed by atoms with Gasteiger partial charge in [-0.25, -0.2) is 0 Å². The molecule has 0 saturated carbocycles. The van der Waals surface area contributed by atoms with Crippen molar-refractivity contribution in [2.24, 2.45) is 35.1 Å². The Kier molecular flexibility index (Phi) is 7.48. The minimum Gasteiger partial charge on any atom is -0.369 e. The molecule has 5 heterocycles. The first-order valence-corrected chi connectivity index (χ1v) is 14.1. The van der Waals surface area contributed by atoms with E-state index in [0.29, 0.717) is 19.6 Å². The molecule has 4 N–H and O–H groups in total. The first-order chi connectivity index (χ1) is 17.8. The molecule has 37 heavy (non-hydrogen) atoms. The Bertz CT molecular complexity index is 931. The standard InChI is InChI=1S/C27H42N4O6/c1-30(23(33)20-17(14-32)26(15-28)10-8-18(20)36-26)12-6-4-2-3-5-7-13-31-24(34)21-19-9-11-27(16-29,37-19)22(21)25(31)35/h14,17-22H,2-13,15-16,28-29H2,1H3. The van der Waals surface area contributed by atoms with Crippen LogP contribution in [0.1, 0.15) is 64.2 Å². The third-order valence-corrected chi connectivity index (χ3v) is 9.91. The van der Waals surface area contributed by atoms with Gasteiger partial charge in [0.25, 0.3) is 0 Å². The number of nitrogens with zero attached hydrogens (tertiary/aromatic N) is 2. The summed E-state index contributed by atoms with van der Waals surface area (Å²) >= 11 is 0. The van der Waals surface area contributed by atoms with E-state index in [9.17, 15) is 19.2 Å². The summed E-state index contributed by atoms with van der Waals surface area (Å²) < 4.78 is 12.0. The van der Waals surface area contributed by atoms with E-state index in [1.165, 1.54) is 4.90 Å². The number of imide groups is 1. The molecule has 10 heteroatoms. The Balaban J connectivity index is 0.981. The number of rotatable bonds is 13. The van der Waals surface area contributed by atoms with Crippen LogP contribution < -0.4 is 11.5 Å². The molecule has 3 amide bonds. The van der Waals surface area contributed by atoms with Gasteiger partial charge in [-0.15, -0.1) is 0 Å². The Morgan fingerprint density at radius 2 is 1.59 bits per heavy atom. The molecule has 0 spiro atoms. The summed E-state index contributed by atoms with van der Waals surface area (Å²) in [6.45, 7) is 1.68. The number of carbonyl (C=O) groups is 4. The minimum atomic E-state index is -0.657. The molecule has 0 aromatic rings. The van der Waals surface area contributed by atoms with Gasteiger partial charge in [-0.05, 0) is 38.5 Å². The Morgan fingerprint density at radius 1 is 0.973 bits per heavy atom. The number of aldehydes is 1. The minimum absolute atomic E-state index is 0.0166. The summed E-state index contributed by atoms with van der Waals surface area (Å²) in [5, 5.41) is 0. The summed E-state index contributed by atoms with van der Waals surface area (Å²) in [5.41, 5.74) is 10.6. The number of ether oxygens (including phenoxy) is 2. The molecule has 0 radical (unpaired) electrons. The predicted octanol–water partition coefficient (Wildman–Crippen LogP) is 0.598. The number of likely N-dealkylation sites (tertiary alicyclic amines) is 1. The Hall–Kier alpha value is -1.88. The van der Waals surface area contributed by atoms with Gasteiger partial charge in [0.1, 0.15) is 6.29 Å². The van der Waals surface area contributed by atoms with Gasteiger partial charge in [0, 0.05) is 33.2 Å². The second-order valence-electron chi connectivity index (χ2n) is 11.8. The fourth-order valence-corrected chi connectivity index (χ4v) is 7.82. The highest BCUT2D eigenvalue weighted by Crippen LogP contribution is 2.55. The molecule has 8 unspecified atom stereocenters. The van der Waals surface area contributed by atoms with Crippen molar-refractivity contribution in [2.75, 3.05) is 33.2 Å². The van der Waals surface area contributed by atoms with E-state index in [1.807, 2.05) is 0 Å². The number of carbonyl (C=O) groups excluding carboxylic acids is 4. The SMILES string of the molecule is CN(CCCCCCCCN1C(=O)C2C3CCC(CN)(O3)C2C1=O)C(=O)C1C2CCC(CN)(O2)C1C=O. The second kappa shape index (κ2) is 10.4. The van der Waals surface area contributed by atoms with Crippen LogP contribution in [0.3, 0.4) is 0 Å². The van der Waals surface area contributed by atoms with Gasteiger partial charge in [-0.1, -0.05) is 25.7 Å². The molecule has 206 valence electrons. The topological polar surface area (TPSA) is 145 Å². The van der Waals surface area contributed by atoms with Crippen LogP contribution in [0.5, 0.6) is 0 Å². The van der Waals surface area contributed by atoms with Crippen LogP contribution in [0, 0.1) is 23.7 Å². The van der Waals surface area contributed by atoms with Crippen LogP contribution in [0.15, 0.2) is 0 Å². The van der Waals surface area contributed by atoms with Crippen LogP contribution in [0.2, 0.25) is 0 Å². The van der Waals surface area contributed by atoms with Crippen LogP contribution >= 0.6 is 0 Å². The first-order valence-electron chi connectivity index (χ1n) is 14.1. The second-order valence-corrected chi connectivity index (χ2v) is 11.8. The van der Waals surface area contributed by atoms with Crippen molar-refractivity contribution in [3.63, 3.8) is 0 Å². The van der Waals surface area contributed by atoms with E-state index >= 15 is 0 Å². The van der Waals surface area contributed by atoms with Gasteiger partial charge < -0.3 is 30.6 Å². The lowest BCUT2D eigenvalue weighted by Gasteiger charge is -2.33. The molecule has 5 aliphatic rings. The van der Waals surface area contributed by atoms with Crippen molar-refractivity contribution < 1.29 is 28.7 Å². The largest absolute Gasteiger partial charge is 0.369 e. The van der Waals surface area contributed by atoms with Crippen molar-refractivity contribution in [2.45, 2.75) is 87.6 Å². The fourth-order valence-electron chi connectivity index (χ4n) is 7.82. The number of hydrogen-bond acceptors (Lipinski definition) is 8. The summed E-state index contributed by atoms with van der Waals surface area (Å²) in [7, 11) is 1.80. The molecular weight excluding hydrogens is 476 g/mol. The summed E-state index contributed by atoms with van der Waals surface area (Å²) in [5.74, 6) is -1.78. The zero-order valence-corrected chi connectivity index (χ0v) is 21.9. The van der Waals surface area contributed by atoms with E-state index in [2.05, 4.69) is 0 Å². The van der Waals surface area contributed by atoms with Crippen molar-refractivity contribution in [3.8, 4) is 0 Å². The van der Waals surface area contributed by atoms with Crippen molar-refractivity contribution in [1.82, 2.24) is 9.80 Å². The third kappa shape index (κ3) is 4.24. The zero-order valence-electron chi connectivity index (χ0n) is 21.9. The highest BCUT2D eigenvalue weighted by molar-refractivity contribution is 6.06. The molecule has 5 aliphatic heterocycles. The lowest BCUT2D eigenvalue weighted by atomic mass is 9.72. The molecule has 0 aliphatic carbocycles. The highest BCUT2D eigenvalue weighted by atomic mass is 16.5. The highest BCUT2D eigenvalue weighted by Gasteiger charge is 2.68. The van der Waals surface area contributed by atoms with E-state index in [4.69, 9.17) is 20.9 Å². The normalized spacial score (nSPS) is 39.6. The molecule has 10 nitrogen and oxygen atoms in total. The Morgan fingerprint density at radius 3 is 2.30 bits per heavy atom. The van der Waals surface area contributed by atoms with Gasteiger partial charge in [-0.3, -0.25) is 19.3 Å². The zero-order chi connectivity index (χ0) is 26.4. The average Bonchev–Trinajstić information content (AvgIpc) is 3.71. The fraction of sp³-hybridized carbons (Fsp3) is 0.852. The van der Waals surface area contributed by atoms with Gasteiger partial charge in [0.2, 0.25) is 17.7 Å². The summed E-state index contributed by atoms with van der Waals surface area (Å²) in [6, 6.07) is 0. The number of nitrogens with two attached hydrogens (primary N) is 2. The van der Waals surface area contributed by atoms with Crippen molar-refractivity contribution in [1.29, 1.82) is 0 Å². The molecule has 4 bridgehead atoms. The van der Waals surface area contributed by atoms with Crippen LogP contribution in [0.25, 0.3) is 0 Å². The maximum atomic E-state index is 13.1. The van der Waals surface area contributed by atoms with Crippen molar-refractivity contribution in [3.05, 3.63) is 0 Å². The van der Waals surface area contributed by atoms with Crippen molar-refractivity contribution >= 4 is 24.0 Å². The molecule has 5 saturated heterocycles. The number of unbranched alkanes of at least 4 members (excludes halogenated alkanes) is 5. The van der Waals surface area contributed by atoms with Gasteiger partial charge in [-0.2, -0.15) is 0 Å². The lowest BCUT2D eigenvalue weighted by molar-refractivity contribution is -0.144. The van der Waals surface area contributed by atoms with Crippen LogP contribution in [-0.4, -0.2) is 90.4 Å². The van der Waals surface area contributed by atoms with E-state index < -0.39 is 29.0 Å². The van der Waals surface area contributed by atoms with Gasteiger partial charge in [0.15, 0.2) is 0 Å². The first kappa shape index (κ1) is 26.7.